The number of thiol groups is 1. The second-order valence-corrected chi connectivity index (χ2v) is 9.40. The average Bonchev–Trinajstić information content (AvgIpc) is 2.93. The van der Waals surface area contributed by atoms with Crippen molar-refractivity contribution in [2.24, 2.45) is 4.40 Å². The maximum atomic E-state index is 13.7. The van der Waals surface area contributed by atoms with Gasteiger partial charge in [-0.05, 0) is 39.8 Å². The summed E-state index contributed by atoms with van der Waals surface area (Å²) < 4.78 is 31.6. The van der Waals surface area contributed by atoms with Gasteiger partial charge in [0.15, 0.2) is 16.6 Å². The normalized spacial score (nSPS) is 14.0. The van der Waals surface area contributed by atoms with E-state index in [0.29, 0.717) is 33.2 Å². The highest BCUT2D eigenvalue weighted by molar-refractivity contribution is 7.85. The molecule has 1 aromatic carbocycles. The molecule has 0 radical (unpaired) electrons. The number of rotatable bonds is 3. The molecule has 136 valence electrons. The van der Waals surface area contributed by atoms with Crippen LogP contribution in [-0.2, 0) is 15.2 Å². The van der Waals surface area contributed by atoms with Crippen LogP contribution < -0.4 is 0 Å². The van der Waals surface area contributed by atoms with Crippen LogP contribution in [0, 0.1) is 5.82 Å². The molecule has 26 heavy (non-hydrogen) atoms. The smallest absolute Gasteiger partial charge is 0.195 e. The van der Waals surface area contributed by atoms with Crippen LogP contribution in [0.25, 0.3) is 16.9 Å². The van der Waals surface area contributed by atoms with E-state index in [1.165, 1.54) is 22.8 Å². The van der Waals surface area contributed by atoms with Gasteiger partial charge >= 0.3 is 0 Å². The van der Waals surface area contributed by atoms with E-state index in [2.05, 4.69) is 14.5 Å². The summed E-state index contributed by atoms with van der Waals surface area (Å²) in [5.41, 5.74) is 2.72. The van der Waals surface area contributed by atoms with Crippen molar-refractivity contribution in [3.05, 3.63) is 53.1 Å². The Kier molecular flexibility index (Phi) is 4.94. The topological polar surface area (TPSA) is 59.6 Å². The van der Waals surface area contributed by atoms with Crippen molar-refractivity contribution in [2.45, 2.75) is 32.4 Å². The van der Waals surface area contributed by atoms with Crippen LogP contribution in [0.4, 0.5) is 4.39 Å². The fourth-order valence-electron chi connectivity index (χ4n) is 2.34. The molecule has 0 amide bonds. The molecule has 2 heterocycles. The molecular formula is C18H19ClFN4OS+. The second kappa shape index (κ2) is 6.89. The number of hydrogen-bond acceptors (Lipinski definition) is 3. The van der Waals surface area contributed by atoms with Crippen molar-refractivity contribution in [3.63, 3.8) is 0 Å². The molecule has 3 aromatic rings. The zero-order valence-electron chi connectivity index (χ0n) is 14.9. The summed E-state index contributed by atoms with van der Waals surface area (Å²) >= 11 is 6.14. The van der Waals surface area contributed by atoms with Crippen LogP contribution in [0.5, 0.6) is 0 Å². The van der Waals surface area contributed by atoms with E-state index in [-0.39, 0.29) is 5.82 Å². The minimum Gasteiger partial charge on any atom is -0.226 e. The molecule has 3 rings (SSSR count). The summed E-state index contributed by atoms with van der Waals surface area (Å²) in [6.07, 6.45) is 3.21. The molecule has 0 fully saturated rings. The Balaban J connectivity index is 2.24. The van der Waals surface area contributed by atoms with Gasteiger partial charge in [-0.25, -0.2) is 13.9 Å². The minimum atomic E-state index is -1.83. The summed E-state index contributed by atoms with van der Waals surface area (Å²) in [5, 5.41) is 4.55. The van der Waals surface area contributed by atoms with Crippen molar-refractivity contribution >= 4 is 33.9 Å². The van der Waals surface area contributed by atoms with E-state index >= 15 is 0 Å². The number of fused-ring (bicyclic) bond motifs is 1. The van der Waals surface area contributed by atoms with Crippen molar-refractivity contribution in [1.82, 2.24) is 14.6 Å². The summed E-state index contributed by atoms with van der Waals surface area (Å²) in [6, 6.07) is 6.13. The van der Waals surface area contributed by atoms with Crippen molar-refractivity contribution in [1.29, 1.82) is 0 Å². The van der Waals surface area contributed by atoms with Crippen LogP contribution in [0.2, 0.25) is 5.02 Å². The first-order valence-electron chi connectivity index (χ1n) is 7.99. The van der Waals surface area contributed by atoms with Crippen LogP contribution in [0.1, 0.15) is 33.3 Å². The van der Waals surface area contributed by atoms with Crippen LogP contribution in [0.15, 0.2) is 41.1 Å². The maximum Gasteiger partial charge on any atom is 0.195 e. The monoisotopic (exact) mass is 393 g/mol. The molecule has 0 spiro atoms. The number of hydrogen-bond donors (Lipinski definition) is 0. The van der Waals surface area contributed by atoms with Crippen LogP contribution in [0.3, 0.4) is 0 Å². The van der Waals surface area contributed by atoms with Gasteiger partial charge in [0.25, 0.3) is 0 Å². The van der Waals surface area contributed by atoms with Gasteiger partial charge in [-0.2, -0.15) is 5.10 Å². The summed E-state index contributed by atoms with van der Waals surface area (Å²) in [6.45, 7) is 7.36. The predicted octanol–water partition coefficient (Wildman–Crippen LogP) is 4.41. The standard InChI is InChI=1S/C18H18ClFN4OS/c1-11(23-26(25)18(2,3)4)14-10-24-17(15(19)9-21-24)22-16(14)12-6-5-7-13(20)8-12/h5-10H,1-4H3/p+1/b23-11+. The highest BCUT2D eigenvalue weighted by atomic mass is 35.5. The van der Waals surface area contributed by atoms with Gasteiger partial charge in [-0.3, -0.25) is 0 Å². The fraction of sp³-hybridized carbons (Fsp3) is 0.278. The summed E-state index contributed by atoms with van der Waals surface area (Å²) in [5.74, 6) is -0.370. The van der Waals surface area contributed by atoms with E-state index in [1.807, 2.05) is 20.8 Å². The van der Waals surface area contributed by atoms with Gasteiger partial charge in [-0.15, -0.1) is 0 Å². The molecule has 8 heteroatoms. The number of benzene rings is 1. The Morgan fingerprint density at radius 1 is 1.35 bits per heavy atom. The lowest BCUT2D eigenvalue weighted by molar-refractivity contribution is 0.576. The third kappa shape index (κ3) is 3.68. The SMILES string of the molecule is C/C(=N\[SH+](=O)C(C)(C)C)c1cn2ncc(Cl)c2nc1-c1cccc(F)c1. The molecule has 0 aliphatic rings. The van der Waals surface area contributed by atoms with Gasteiger partial charge in [0.2, 0.25) is 0 Å². The molecule has 1 atom stereocenters. The van der Waals surface area contributed by atoms with Gasteiger partial charge < -0.3 is 0 Å². The molecule has 0 saturated heterocycles. The highest BCUT2D eigenvalue weighted by Crippen LogP contribution is 2.27. The van der Waals surface area contributed by atoms with E-state index in [4.69, 9.17) is 11.6 Å². The van der Waals surface area contributed by atoms with E-state index in [0.717, 1.165) is 0 Å². The predicted molar refractivity (Wildman–Crippen MR) is 105 cm³/mol. The quantitative estimate of drug-likeness (QED) is 0.376. The number of halogens is 2. The van der Waals surface area contributed by atoms with Crippen molar-refractivity contribution in [3.8, 4) is 11.3 Å². The molecule has 0 saturated carbocycles. The fourth-order valence-corrected chi connectivity index (χ4v) is 3.20. The Hall–Kier alpha value is -2.12. The lowest BCUT2D eigenvalue weighted by Crippen LogP contribution is -2.20. The summed E-state index contributed by atoms with van der Waals surface area (Å²) in [7, 11) is -1.83. The van der Waals surface area contributed by atoms with Gasteiger partial charge in [-0.1, -0.05) is 32.3 Å². The molecule has 0 bridgehead atoms. The lowest BCUT2D eigenvalue weighted by Gasteiger charge is -2.11. The first-order chi connectivity index (χ1) is 12.2. The van der Waals surface area contributed by atoms with E-state index < -0.39 is 15.7 Å². The highest BCUT2D eigenvalue weighted by Gasteiger charge is 2.26. The van der Waals surface area contributed by atoms with Crippen molar-refractivity contribution in [2.75, 3.05) is 0 Å². The van der Waals surface area contributed by atoms with Gasteiger partial charge in [0.1, 0.15) is 15.6 Å². The van der Waals surface area contributed by atoms with E-state index in [9.17, 15) is 8.60 Å². The zero-order chi connectivity index (χ0) is 19.1. The Morgan fingerprint density at radius 3 is 2.73 bits per heavy atom. The average molecular weight is 394 g/mol. The minimum absolute atomic E-state index is 0.370. The number of aromatic nitrogens is 3. The lowest BCUT2D eigenvalue weighted by atomic mass is 10.0. The van der Waals surface area contributed by atoms with Gasteiger partial charge in [0, 0.05) is 17.3 Å². The van der Waals surface area contributed by atoms with Crippen LogP contribution >= 0.6 is 11.6 Å². The first-order valence-corrected chi connectivity index (χ1v) is 9.58. The molecule has 0 aliphatic carbocycles. The van der Waals surface area contributed by atoms with Gasteiger partial charge in [0.05, 0.1) is 17.6 Å². The molecule has 0 aliphatic heterocycles. The Bertz CT molecular complexity index is 1040. The maximum absolute atomic E-state index is 13.7. The van der Waals surface area contributed by atoms with Crippen LogP contribution in [-0.4, -0.2) is 25.1 Å². The summed E-state index contributed by atoms with van der Waals surface area (Å²) in [4.78, 5) is 4.56. The molecule has 1 unspecified atom stereocenters. The number of nitrogens with zero attached hydrogens (tertiary/aromatic N) is 4. The van der Waals surface area contributed by atoms with E-state index in [1.54, 1.807) is 25.3 Å². The Morgan fingerprint density at radius 2 is 2.08 bits per heavy atom. The Labute approximate surface area is 158 Å². The molecule has 0 N–H and O–H groups in total. The molecule has 5 nitrogen and oxygen atoms in total. The molecular weight excluding hydrogens is 375 g/mol. The largest absolute Gasteiger partial charge is 0.226 e. The first kappa shape index (κ1) is 18.7. The third-order valence-electron chi connectivity index (χ3n) is 3.75. The third-order valence-corrected chi connectivity index (χ3v) is 5.65. The second-order valence-electron chi connectivity index (χ2n) is 6.90. The zero-order valence-corrected chi connectivity index (χ0v) is 16.5. The van der Waals surface area contributed by atoms with Crippen molar-refractivity contribution < 1.29 is 8.60 Å². The molecule has 2 aromatic heterocycles.